The number of amides is 1. The van der Waals surface area contributed by atoms with Gasteiger partial charge in [-0.15, -0.1) is 0 Å². The summed E-state index contributed by atoms with van der Waals surface area (Å²) in [5.74, 6) is 1.41. The lowest BCUT2D eigenvalue weighted by molar-refractivity contribution is -0.118. The van der Waals surface area contributed by atoms with Crippen LogP contribution in [0.25, 0.3) is 11.0 Å². The number of rotatable bonds is 6. The Labute approximate surface area is 200 Å². The molecule has 10 heteroatoms. The minimum Gasteiger partial charge on any atom is -0.493 e. The molecule has 1 unspecified atom stereocenters. The van der Waals surface area contributed by atoms with Crippen LogP contribution >= 0.6 is 11.6 Å². The highest BCUT2D eigenvalue weighted by molar-refractivity contribution is 6.33. The Kier molecular flexibility index (Phi) is 5.69. The summed E-state index contributed by atoms with van der Waals surface area (Å²) in [4.78, 5) is 21.5. The van der Waals surface area contributed by atoms with Gasteiger partial charge in [-0.1, -0.05) is 41.9 Å². The number of benzene rings is 3. The quantitative estimate of drug-likeness (QED) is 0.387. The van der Waals surface area contributed by atoms with Gasteiger partial charge in [-0.05, 0) is 36.4 Å². The molecule has 1 aromatic heterocycles. The molecule has 3 aromatic carbocycles. The van der Waals surface area contributed by atoms with Crippen LogP contribution in [0.4, 0.5) is 11.6 Å². The maximum atomic E-state index is 12.3. The lowest BCUT2D eigenvalue weighted by Gasteiger charge is -2.24. The van der Waals surface area contributed by atoms with Crippen molar-refractivity contribution in [3.8, 4) is 11.5 Å². The second-order valence-corrected chi connectivity index (χ2v) is 7.94. The molecule has 9 nitrogen and oxygen atoms in total. The van der Waals surface area contributed by atoms with Gasteiger partial charge in [0.25, 0.3) is 5.91 Å². The highest BCUT2D eigenvalue weighted by Crippen LogP contribution is 2.36. The fraction of sp³-hybridized carbons (Fsp3) is 0.125. The van der Waals surface area contributed by atoms with Gasteiger partial charge >= 0.3 is 0 Å². The van der Waals surface area contributed by atoms with E-state index in [1.54, 1.807) is 30.3 Å². The number of ether oxygens (including phenoxy) is 2. The zero-order chi connectivity index (χ0) is 23.7. The highest BCUT2D eigenvalue weighted by Gasteiger charge is 2.26. The lowest BCUT2D eigenvalue weighted by Crippen LogP contribution is -2.31. The Bertz CT molecular complexity index is 1420. The summed E-state index contributed by atoms with van der Waals surface area (Å²) < 4.78 is 13.2. The van der Waals surface area contributed by atoms with Crippen molar-refractivity contribution in [1.29, 1.82) is 0 Å². The van der Waals surface area contributed by atoms with Gasteiger partial charge in [-0.25, -0.2) is 9.98 Å². The van der Waals surface area contributed by atoms with Crippen molar-refractivity contribution in [3.63, 3.8) is 0 Å². The molecule has 0 radical (unpaired) electrons. The zero-order valence-corrected chi connectivity index (χ0v) is 18.9. The Morgan fingerprint density at radius 1 is 1.15 bits per heavy atom. The van der Waals surface area contributed by atoms with Crippen molar-refractivity contribution >= 4 is 46.1 Å². The van der Waals surface area contributed by atoms with E-state index < -0.39 is 6.17 Å². The van der Waals surface area contributed by atoms with Gasteiger partial charge in [-0.3, -0.25) is 14.7 Å². The first-order valence-corrected chi connectivity index (χ1v) is 10.8. The maximum Gasteiger partial charge on any atom is 0.262 e. The van der Waals surface area contributed by atoms with Crippen molar-refractivity contribution in [2.24, 2.45) is 10.7 Å². The summed E-state index contributed by atoms with van der Waals surface area (Å²) in [5.41, 5.74) is 9.11. The number of nitrogens with zero attached hydrogens (tertiary/aromatic N) is 3. The number of hydrogen-bond donors (Lipinski definition) is 3. The second-order valence-electron chi connectivity index (χ2n) is 7.53. The van der Waals surface area contributed by atoms with Crippen LogP contribution in [0.1, 0.15) is 11.7 Å². The summed E-state index contributed by atoms with van der Waals surface area (Å²) in [7, 11) is 1.54. The van der Waals surface area contributed by atoms with E-state index in [1.807, 2.05) is 41.0 Å². The van der Waals surface area contributed by atoms with Crippen LogP contribution < -0.4 is 25.8 Å². The van der Waals surface area contributed by atoms with Crippen molar-refractivity contribution in [2.75, 3.05) is 24.4 Å². The molecular weight excluding hydrogens is 456 g/mol. The van der Waals surface area contributed by atoms with Gasteiger partial charge < -0.3 is 20.5 Å². The van der Waals surface area contributed by atoms with Crippen LogP contribution in [0.5, 0.6) is 11.5 Å². The largest absolute Gasteiger partial charge is 0.493 e. The molecule has 4 aromatic rings. The summed E-state index contributed by atoms with van der Waals surface area (Å²) >= 11 is 6.09. The normalized spacial score (nSPS) is 14.6. The number of aromatic nitrogens is 2. The molecule has 1 aliphatic heterocycles. The number of carbonyl (C=O) groups is 1. The molecule has 0 fully saturated rings. The molecule has 2 heterocycles. The predicted octanol–water partition coefficient (Wildman–Crippen LogP) is 4.00. The minimum atomic E-state index is -0.449. The van der Waals surface area contributed by atoms with Gasteiger partial charge in [0.15, 0.2) is 30.2 Å². The number of guanidine groups is 1. The number of aliphatic imine (C=N–C) groups is 1. The van der Waals surface area contributed by atoms with Crippen molar-refractivity contribution in [1.82, 2.24) is 9.55 Å². The van der Waals surface area contributed by atoms with Gasteiger partial charge in [0.1, 0.15) is 0 Å². The monoisotopic (exact) mass is 476 g/mol. The van der Waals surface area contributed by atoms with Crippen molar-refractivity contribution in [3.05, 3.63) is 77.3 Å². The fourth-order valence-electron chi connectivity index (χ4n) is 3.80. The van der Waals surface area contributed by atoms with E-state index in [0.717, 1.165) is 16.6 Å². The molecule has 0 saturated heterocycles. The van der Waals surface area contributed by atoms with Crippen LogP contribution in [0.3, 0.4) is 0 Å². The molecule has 1 aliphatic rings. The number of anilines is 2. The molecule has 0 saturated carbocycles. The lowest BCUT2D eigenvalue weighted by atomic mass is 10.1. The number of nitrogens with two attached hydrogens (primary N) is 1. The van der Waals surface area contributed by atoms with E-state index in [-0.39, 0.29) is 18.5 Å². The van der Waals surface area contributed by atoms with Gasteiger partial charge in [0.05, 0.1) is 28.9 Å². The Morgan fingerprint density at radius 2 is 1.94 bits per heavy atom. The number of halogens is 1. The third-order valence-electron chi connectivity index (χ3n) is 5.33. The third kappa shape index (κ3) is 4.08. The topological polar surface area (TPSA) is 116 Å². The molecule has 0 bridgehead atoms. The van der Waals surface area contributed by atoms with Crippen molar-refractivity contribution < 1.29 is 14.3 Å². The molecule has 1 atom stereocenters. The first-order valence-electron chi connectivity index (χ1n) is 10.5. The van der Waals surface area contributed by atoms with Gasteiger partial charge in [0.2, 0.25) is 5.95 Å². The number of fused-ring (bicyclic) bond motifs is 3. The van der Waals surface area contributed by atoms with Crippen LogP contribution in [0.2, 0.25) is 5.02 Å². The number of methoxy groups -OCH3 is 1. The summed E-state index contributed by atoms with van der Waals surface area (Å²) in [5, 5.41) is 6.19. The number of nitrogens with one attached hydrogen (secondary N) is 2. The van der Waals surface area contributed by atoms with E-state index in [2.05, 4.69) is 20.6 Å². The SMILES string of the molecule is COc1cc(C2N=C(N)Nc3nc4ccccc4n32)ccc1OCC(=O)Nc1ccccc1Cl. The maximum absolute atomic E-state index is 12.3. The van der Waals surface area contributed by atoms with Crippen LogP contribution in [-0.2, 0) is 4.79 Å². The molecule has 1 amide bonds. The highest BCUT2D eigenvalue weighted by atomic mass is 35.5. The van der Waals surface area contributed by atoms with Gasteiger partial charge in [0, 0.05) is 5.56 Å². The summed E-state index contributed by atoms with van der Waals surface area (Å²) in [6.07, 6.45) is -0.449. The van der Waals surface area contributed by atoms with E-state index >= 15 is 0 Å². The Hall–Kier alpha value is -4.24. The average Bonchev–Trinajstić information content (AvgIpc) is 3.21. The Balaban J connectivity index is 1.39. The fourth-order valence-corrected chi connectivity index (χ4v) is 3.98. The van der Waals surface area contributed by atoms with E-state index in [9.17, 15) is 4.79 Å². The molecule has 5 rings (SSSR count). The smallest absolute Gasteiger partial charge is 0.262 e. The molecule has 172 valence electrons. The van der Waals surface area contributed by atoms with E-state index in [1.165, 1.54) is 7.11 Å². The molecule has 4 N–H and O–H groups in total. The van der Waals surface area contributed by atoms with Crippen molar-refractivity contribution in [2.45, 2.75) is 6.17 Å². The molecular formula is C24H21ClN6O3. The number of hydrogen-bond acceptors (Lipinski definition) is 7. The molecule has 0 aliphatic carbocycles. The van der Waals surface area contributed by atoms with Crippen LogP contribution in [-0.4, -0.2) is 35.1 Å². The molecule has 34 heavy (non-hydrogen) atoms. The van der Waals surface area contributed by atoms with E-state index in [0.29, 0.717) is 28.2 Å². The predicted molar refractivity (Wildman–Crippen MR) is 132 cm³/mol. The number of carbonyl (C=O) groups excluding carboxylic acids is 1. The first-order chi connectivity index (χ1) is 16.5. The average molecular weight is 477 g/mol. The number of para-hydroxylation sites is 3. The zero-order valence-electron chi connectivity index (χ0n) is 18.2. The summed E-state index contributed by atoms with van der Waals surface area (Å²) in [6.45, 7) is -0.213. The molecule has 0 spiro atoms. The third-order valence-corrected chi connectivity index (χ3v) is 5.66. The van der Waals surface area contributed by atoms with Crippen LogP contribution in [0.15, 0.2) is 71.7 Å². The Morgan fingerprint density at radius 3 is 2.76 bits per heavy atom. The minimum absolute atomic E-state index is 0.213. The summed E-state index contributed by atoms with van der Waals surface area (Å²) in [6, 6.07) is 20.2. The standard InChI is InChI=1S/C24H21ClN6O3/c1-33-20-12-14(10-11-19(20)34-13-21(32)27-16-7-3-2-6-15(16)25)22-29-23(26)30-24-28-17-8-4-5-9-18(17)31(22)24/h2-12,22H,13H2,1H3,(H,27,32)(H3,26,28,29,30). The van der Waals surface area contributed by atoms with Crippen LogP contribution in [0, 0.1) is 0 Å². The second kappa shape index (κ2) is 8.95. The first kappa shape index (κ1) is 21.6. The van der Waals surface area contributed by atoms with E-state index in [4.69, 9.17) is 26.8 Å². The van der Waals surface area contributed by atoms with Gasteiger partial charge in [-0.2, -0.15) is 0 Å². The number of imidazole rings is 1.